The van der Waals surface area contributed by atoms with Crippen molar-refractivity contribution in [1.29, 1.82) is 0 Å². The fraction of sp³-hybridized carbons (Fsp3) is 0.417. The fourth-order valence-electron chi connectivity index (χ4n) is 4.02. The Kier molecular flexibility index (Phi) is 6.25. The highest BCUT2D eigenvalue weighted by molar-refractivity contribution is 7.84. The Morgan fingerprint density at radius 1 is 1.19 bits per heavy atom. The monoisotopic (exact) mass is 441 g/mol. The lowest BCUT2D eigenvalue weighted by atomic mass is 9.80. The fourth-order valence-corrected chi connectivity index (χ4v) is 4.61. The van der Waals surface area contributed by atoms with E-state index in [2.05, 4.69) is 5.32 Å². The molecule has 2 fully saturated rings. The molecule has 0 heterocycles. The van der Waals surface area contributed by atoms with E-state index < -0.39 is 28.4 Å². The molecular formula is C24H27NO5S. The van der Waals surface area contributed by atoms with Crippen molar-refractivity contribution in [3.63, 3.8) is 0 Å². The molecular weight excluding hydrogens is 414 g/mol. The molecule has 2 aliphatic carbocycles. The molecule has 6 nitrogen and oxygen atoms in total. The Morgan fingerprint density at radius 2 is 1.90 bits per heavy atom. The number of hydrogen-bond donors (Lipinski definition) is 2. The number of hydrogen-bond acceptors (Lipinski definition) is 4. The summed E-state index contributed by atoms with van der Waals surface area (Å²) >= 11 is 0. The van der Waals surface area contributed by atoms with Gasteiger partial charge in [-0.1, -0.05) is 30.7 Å². The van der Waals surface area contributed by atoms with Gasteiger partial charge in [-0.25, -0.2) is 4.79 Å². The van der Waals surface area contributed by atoms with Gasteiger partial charge in [0.1, 0.15) is 6.10 Å². The molecule has 1 amide bonds. The summed E-state index contributed by atoms with van der Waals surface area (Å²) < 4.78 is 17.8. The number of carboxylic acid groups (broad SMARTS) is 1. The third kappa shape index (κ3) is 4.88. The van der Waals surface area contributed by atoms with E-state index in [-0.39, 0.29) is 17.4 Å². The first-order valence-corrected chi connectivity index (χ1v) is 12.1. The number of amides is 1. The first-order chi connectivity index (χ1) is 14.9. The molecule has 0 saturated heterocycles. The summed E-state index contributed by atoms with van der Waals surface area (Å²) in [6.45, 7) is 0.292. The second-order valence-electron chi connectivity index (χ2n) is 8.48. The average Bonchev–Trinajstić information content (AvgIpc) is 3.50. The summed E-state index contributed by atoms with van der Waals surface area (Å²) in [6.07, 6.45) is 5.81. The molecule has 0 aliphatic heterocycles. The van der Waals surface area contributed by atoms with Crippen LogP contribution in [0, 0.1) is 5.92 Å². The Hall–Kier alpha value is -2.51. The lowest BCUT2D eigenvalue weighted by molar-refractivity contribution is -0.141. The maximum Gasteiger partial charge on any atom is 0.335 e. The number of carbonyl (C=O) groups excluding carboxylic acids is 1. The Labute approximate surface area is 184 Å². The number of ether oxygens (including phenoxy) is 1. The van der Waals surface area contributed by atoms with Gasteiger partial charge in [-0.2, -0.15) is 0 Å². The minimum absolute atomic E-state index is 0.111. The van der Waals surface area contributed by atoms with Crippen molar-refractivity contribution in [3.05, 3.63) is 65.2 Å². The predicted molar refractivity (Wildman–Crippen MR) is 117 cm³/mol. The first-order valence-electron chi connectivity index (χ1n) is 10.6. The highest BCUT2D eigenvalue weighted by Crippen LogP contribution is 2.46. The summed E-state index contributed by atoms with van der Waals surface area (Å²) in [7, 11) is -1.06. The van der Waals surface area contributed by atoms with Crippen molar-refractivity contribution in [3.8, 4) is 0 Å². The molecule has 2 atom stereocenters. The smallest absolute Gasteiger partial charge is 0.335 e. The van der Waals surface area contributed by atoms with Crippen LogP contribution in [0.15, 0.2) is 53.4 Å². The van der Waals surface area contributed by atoms with E-state index in [1.165, 1.54) is 0 Å². The van der Waals surface area contributed by atoms with Gasteiger partial charge in [0.15, 0.2) is 0 Å². The molecule has 0 radical (unpaired) electrons. The average molecular weight is 442 g/mol. The minimum atomic E-state index is -1.06. The summed E-state index contributed by atoms with van der Waals surface area (Å²) in [5.41, 5.74) is 1.63. The van der Waals surface area contributed by atoms with E-state index in [1.807, 2.05) is 24.3 Å². The van der Waals surface area contributed by atoms with Gasteiger partial charge in [0.25, 0.3) is 0 Å². The number of carboxylic acids is 1. The molecule has 2 N–H and O–H groups in total. The van der Waals surface area contributed by atoms with E-state index in [4.69, 9.17) is 9.84 Å². The normalized spacial score (nSPS) is 19.1. The van der Waals surface area contributed by atoms with Crippen LogP contribution in [-0.2, 0) is 32.5 Å². The number of carbonyl (C=O) groups is 2. The predicted octanol–water partition coefficient (Wildman–Crippen LogP) is 3.61. The first kappa shape index (κ1) is 21.7. The van der Waals surface area contributed by atoms with Gasteiger partial charge < -0.3 is 15.2 Å². The topological polar surface area (TPSA) is 92.7 Å². The van der Waals surface area contributed by atoms with Crippen LogP contribution < -0.4 is 5.32 Å². The highest BCUT2D eigenvalue weighted by Gasteiger charge is 2.47. The minimum Gasteiger partial charge on any atom is -0.478 e. The van der Waals surface area contributed by atoms with Gasteiger partial charge in [-0.15, -0.1) is 0 Å². The van der Waals surface area contributed by atoms with E-state index in [1.54, 1.807) is 30.5 Å². The zero-order valence-corrected chi connectivity index (χ0v) is 18.3. The van der Waals surface area contributed by atoms with Crippen molar-refractivity contribution >= 4 is 22.7 Å². The molecule has 2 aliphatic rings. The standard InChI is InChI=1S/C24H27NO5S/c1-31(29)20-7-2-4-16(14-20)15-30-21(17-5-3-6-17)22(26)25-24(12-13-24)19-10-8-18(9-11-19)23(27)28/h2,4,7-11,14,17,21H,3,5-6,12-13,15H2,1H3,(H,25,26)(H,27,28). The van der Waals surface area contributed by atoms with Crippen molar-refractivity contribution in [2.75, 3.05) is 6.26 Å². The van der Waals surface area contributed by atoms with Crippen molar-refractivity contribution in [2.45, 2.75) is 55.2 Å². The molecule has 2 aromatic carbocycles. The highest BCUT2D eigenvalue weighted by atomic mass is 32.2. The maximum absolute atomic E-state index is 13.2. The van der Waals surface area contributed by atoms with Crippen LogP contribution in [0.4, 0.5) is 0 Å². The number of benzene rings is 2. The van der Waals surface area contributed by atoms with Crippen LogP contribution in [0.2, 0.25) is 0 Å². The largest absolute Gasteiger partial charge is 0.478 e. The zero-order valence-electron chi connectivity index (χ0n) is 17.5. The Balaban J connectivity index is 1.44. The van der Waals surface area contributed by atoms with E-state index in [0.29, 0.717) is 6.61 Å². The Morgan fingerprint density at radius 3 is 2.45 bits per heavy atom. The van der Waals surface area contributed by atoms with Crippen LogP contribution in [0.25, 0.3) is 0 Å². The van der Waals surface area contributed by atoms with Crippen molar-refractivity contribution in [1.82, 2.24) is 5.32 Å². The second kappa shape index (κ2) is 8.93. The molecule has 4 rings (SSSR count). The van der Waals surface area contributed by atoms with Crippen LogP contribution in [0.5, 0.6) is 0 Å². The molecule has 2 aromatic rings. The van der Waals surface area contributed by atoms with E-state index in [9.17, 15) is 13.8 Å². The maximum atomic E-state index is 13.2. The third-order valence-corrected chi connectivity index (χ3v) is 7.21. The van der Waals surface area contributed by atoms with Crippen molar-refractivity contribution < 1.29 is 23.6 Å². The van der Waals surface area contributed by atoms with Crippen LogP contribution in [0.1, 0.15) is 53.6 Å². The quantitative estimate of drug-likeness (QED) is 0.620. The summed E-state index contributed by atoms with van der Waals surface area (Å²) in [5, 5.41) is 12.3. The summed E-state index contributed by atoms with van der Waals surface area (Å²) in [4.78, 5) is 25.0. The number of rotatable bonds is 9. The molecule has 2 saturated carbocycles. The summed E-state index contributed by atoms with van der Waals surface area (Å²) in [6, 6.07) is 14.2. The van der Waals surface area contributed by atoms with Gasteiger partial charge in [-0.3, -0.25) is 9.00 Å². The van der Waals surface area contributed by atoms with E-state index in [0.717, 1.165) is 48.1 Å². The molecule has 0 aromatic heterocycles. The van der Waals surface area contributed by atoms with Gasteiger partial charge >= 0.3 is 5.97 Å². The SMILES string of the molecule is CS(=O)c1cccc(COC(C(=O)NC2(c3ccc(C(=O)O)cc3)CC2)C2CCC2)c1. The van der Waals surface area contributed by atoms with Gasteiger partial charge in [0.05, 0.1) is 17.7 Å². The van der Waals surface area contributed by atoms with Crippen LogP contribution >= 0.6 is 0 Å². The van der Waals surface area contributed by atoms with Crippen molar-refractivity contribution in [2.24, 2.45) is 5.92 Å². The molecule has 0 bridgehead atoms. The molecule has 31 heavy (non-hydrogen) atoms. The number of aromatic carboxylic acids is 1. The van der Waals surface area contributed by atoms with Crippen LogP contribution in [0.3, 0.4) is 0 Å². The molecule has 7 heteroatoms. The van der Waals surface area contributed by atoms with E-state index >= 15 is 0 Å². The zero-order chi connectivity index (χ0) is 22.0. The lowest BCUT2D eigenvalue weighted by Crippen LogP contribution is -2.47. The van der Waals surface area contributed by atoms with Gasteiger partial charge in [-0.05, 0) is 67.0 Å². The lowest BCUT2D eigenvalue weighted by Gasteiger charge is -2.34. The third-order valence-electron chi connectivity index (χ3n) is 6.29. The van der Waals surface area contributed by atoms with Gasteiger partial charge in [0.2, 0.25) is 5.91 Å². The molecule has 164 valence electrons. The summed E-state index contributed by atoms with van der Waals surface area (Å²) in [5.74, 6) is -0.872. The Bertz CT molecular complexity index is 995. The second-order valence-corrected chi connectivity index (χ2v) is 9.86. The van der Waals surface area contributed by atoms with Crippen LogP contribution in [-0.4, -0.2) is 33.6 Å². The number of nitrogens with one attached hydrogen (secondary N) is 1. The van der Waals surface area contributed by atoms with Gasteiger partial charge in [0, 0.05) is 22.0 Å². The molecule has 2 unspecified atom stereocenters. The molecule has 0 spiro atoms.